The fourth-order valence-corrected chi connectivity index (χ4v) is 5.25. The summed E-state index contributed by atoms with van der Waals surface area (Å²) in [5.41, 5.74) is 1.58. The maximum atomic E-state index is 12.9. The lowest BCUT2D eigenvalue weighted by molar-refractivity contribution is 0.0998. The number of ether oxygens (including phenoxy) is 2. The third kappa shape index (κ3) is 5.22. The van der Waals surface area contributed by atoms with Crippen LogP contribution in [-0.2, 0) is 6.54 Å². The number of fused-ring (bicyclic) bond motifs is 1. The Labute approximate surface area is 189 Å². The van der Waals surface area contributed by atoms with Gasteiger partial charge in [-0.05, 0) is 30.5 Å². The van der Waals surface area contributed by atoms with E-state index in [1.54, 1.807) is 37.7 Å². The van der Waals surface area contributed by atoms with Crippen LogP contribution in [0, 0.1) is 0 Å². The second kappa shape index (κ2) is 10.4. The predicted octanol–water partition coefficient (Wildman–Crippen LogP) is 5.32. The first-order valence-electron chi connectivity index (χ1n) is 9.57. The average Bonchev–Trinajstić information content (AvgIpc) is 3.06. The zero-order valence-corrected chi connectivity index (χ0v) is 20.2. The number of thiazole rings is 1. The highest BCUT2D eigenvalue weighted by Crippen LogP contribution is 2.33. The van der Waals surface area contributed by atoms with Gasteiger partial charge in [-0.2, -0.15) is 16.8 Å². The molecule has 1 aromatic heterocycles. The van der Waals surface area contributed by atoms with Crippen molar-refractivity contribution >= 4 is 51.0 Å². The SMILES string of the molecule is COc1cc2sc(=NC(=O)c3ccc(SC(C)C)cc3)n(CCSC)c2cc1OC. The van der Waals surface area contributed by atoms with E-state index in [2.05, 4.69) is 29.7 Å². The number of aromatic nitrogens is 1. The fourth-order valence-electron chi connectivity index (χ4n) is 2.98. The van der Waals surface area contributed by atoms with Crippen LogP contribution in [0.5, 0.6) is 11.5 Å². The van der Waals surface area contributed by atoms with Crippen molar-refractivity contribution in [1.82, 2.24) is 4.57 Å². The zero-order chi connectivity index (χ0) is 21.7. The van der Waals surface area contributed by atoms with E-state index in [4.69, 9.17) is 9.47 Å². The summed E-state index contributed by atoms with van der Waals surface area (Å²) in [6.07, 6.45) is 2.07. The van der Waals surface area contributed by atoms with Gasteiger partial charge in [-0.25, -0.2) is 0 Å². The van der Waals surface area contributed by atoms with Gasteiger partial charge in [0.15, 0.2) is 16.3 Å². The topological polar surface area (TPSA) is 52.8 Å². The molecule has 0 aliphatic heterocycles. The maximum Gasteiger partial charge on any atom is 0.279 e. The highest BCUT2D eigenvalue weighted by Gasteiger charge is 2.14. The standard InChI is InChI=1S/C22H26N2O3S3/c1-14(2)29-16-8-6-15(7-9-16)21(25)23-22-24(10-11-28-5)17-12-18(26-3)19(27-4)13-20(17)30-22/h6-9,12-14H,10-11H2,1-5H3. The minimum absolute atomic E-state index is 0.237. The molecule has 5 nitrogen and oxygen atoms in total. The number of hydrogen-bond acceptors (Lipinski definition) is 6. The number of carbonyl (C=O) groups is 1. The van der Waals surface area contributed by atoms with E-state index in [-0.39, 0.29) is 5.91 Å². The molecule has 0 bridgehead atoms. The lowest BCUT2D eigenvalue weighted by Gasteiger charge is -2.09. The maximum absolute atomic E-state index is 12.9. The third-order valence-electron chi connectivity index (χ3n) is 4.38. The molecule has 3 rings (SSSR count). The molecule has 1 heterocycles. The number of carbonyl (C=O) groups excluding carboxylic acids is 1. The quantitative estimate of drug-likeness (QED) is 0.424. The number of thioether (sulfide) groups is 2. The Balaban J connectivity index is 2.04. The van der Waals surface area contributed by atoms with Crippen molar-refractivity contribution in [3.8, 4) is 11.5 Å². The number of rotatable bonds is 8. The minimum Gasteiger partial charge on any atom is -0.493 e. The van der Waals surface area contributed by atoms with Gasteiger partial charge in [0.25, 0.3) is 5.91 Å². The Morgan fingerprint density at radius 2 is 1.80 bits per heavy atom. The molecule has 3 aromatic rings. The molecule has 8 heteroatoms. The predicted molar refractivity (Wildman–Crippen MR) is 129 cm³/mol. The van der Waals surface area contributed by atoms with Gasteiger partial charge in [0.1, 0.15) is 0 Å². The Bertz CT molecular complexity index is 1090. The van der Waals surface area contributed by atoms with E-state index in [9.17, 15) is 4.79 Å². The number of hydrogen-bond donors (Lipinski definition) is 0. The molecular formula is C22H26N2O3S3. The van der Waals surface area contributed by atoms with Gasteiger partial charge < -0.3 is 14.0 Å². The number of benzene rings is 2. The summed E-state index contributed by atoms with van der Waals surface area (Å²) in [6.45, 7) is 5.06. The van der Waals surface area contributed by atoms with Crippen molar-refractivity contribution in [3.63, 3.8) is 0 Å². The molecule has 160 valence electrons. The van der Waals surface area contributed by atoms with E-state index in [0.29, 0.717) is 27.1 Å². The van der Waals surface area contributed by atoms with Gasteiger partial charge in [-0.3, -0.25) is 4.79 Å². The van der Waals surface area contributed by atoms with Crippen LogP contribution in [-0.4, -0.2) is 42.0 Å². The van der Waals surface area contributed by atoms with Gasteiger partial charge in [-0.15, -0.1) is 11.8 Å². The minimum atomic E-state index is -0.237. The smallest absolute Gasteiger partial charge is 0.279 e. The normalized spacial score (nSPS) is 12.0. The largest absolute Gasteiger partial charge is 0.493 e. The summed E-state index contributed by atoms with van der Waals surface area (Å²) in [7, 11) is 3.24. The summed E-state index contributed by atoms with van der Waals surface area (Å²) in [6, 6.07) is 11.6. The number of nitrogens with zero attached hydrogens (tertiary/aromatic N) is 2. The average molecular weight is 463 g/mol. The molecule has 2 aromatic carbocycles. The van der Waals surface area contributed by atoms with Crippen LogP contribution in [0.15, 0.2) is 46.3 Å². The second-order valence-corrected chi connectivity index (χ2v) is 10.5. The van der Waals surface area contributed by atoms with Crippen molar-refractivity contribution in [3.05, 3.63) is 46.8 Å². The molecule has 0 saturated heterocycles. The van der Waals surface area contributed by atoms with Crippen molar-refractivity contribution in [2.24, 2.45) is 4.99 Å². The molecule has 0 saturated carbocycles. The van der Waals surface area contributed by atoms with Gasteiger partial charge in [0, 0.05) is 40.1 Å². The lowest BCUT2D eigenvalue weighted by atomic mass is 10.2. The zero-order valence-electron chi connectivity index (χ0n) is 17.8. The molecular weight excluding hydrogens is 436 g/mol. The summed E-state index contributed by atoms with van der Waals surface area (Å²) >= 11 is 5.01. The Morgan fingerprint density at radius 3 is 2.40 bits per heavy atom. The van der Waals surface area contributed by atoms with Crippen LogP contribution in [0.1, 0.15) is 24.2 Å². The molecule has 0 aliphatic rings. The number of methoxy groups -OCH3 is 2. The van der Waals surface area contributed by atoms with E-state index >= 15 is 0 Å². The van der Waals surface area contributed by atoms with Gasteiger partial charge >= 0.3 is 0 Å². The van der Waals surface area contributed by atoms with Gasteiger partial charge in [-0.1, -0.05) is 25.2 Å². The van der Waals surface area contributed by atoms with Crippen molar-refractivity contribution in [2.75, 3.05) is 26.2 Å². The lowest BCUT2D eigenvalue weighted by Crippen LogP contribution is -2.18. The van der Waals surface area contributed by atoms with E-state index in [1.165, 1.54) is 11.3 Å². The Kier molecular flexibility index (Phi) is 7.91. The molecule has 1 amide bonds. The summed E-state index contributed by atoms with van der Waals surface area (Å²) in [5.74, 6) is 2.01. The first kappa shape index (κ1) is 22.8. The number of amides is 1. The fraction of sp³-hybridized carbons (Fsp3) is 0.364. The second-order valence-electron chi connectivity index (χ2n) is 6.81. The van der Waals surface area contributed by atoms with Crippen LogP contribution in [0.4, 0.5) is 0 Å². The highest BCUT2D eigenvalue weighted by atomic mass is 32.2. The Morgan fingerprint density at radius 1 is 1.13 bits per heavy atom. The highest BCUT2D eigenvalue weighted by molar-refractivity contribution is 7.99. The number of aryl methyl sites for hydroxylation is 1. The molecule has 0 fully saturated rings. The van der Waals surface area contributed by atoms with Crippen molar-refractivity contribution < 1.29 is 14.3 Å². The summed E-state index contributed by atoms with van der Waals surface area (Å²) < 4.78 is 14.0. The van der Waals surface area contributed by atoms with Crippen LogP contribution < -0.4 is 14.3 Å². The van der Waals surface area contributed by atoms with Crippen LogP contribution in [0.3, 0.4) is 0 Å². The molecule has 0 aliphatic carbocycles. The molecule has 0 unspecified atom stereocenters. The Hall–Kier alpha value is -1.90. The summed E-state index contributed by atoms with van der Waals surface area (Å²) in [4.78, 5) is 19.2. The van der Waals surface area contributed by atoms with E-state index in [0.717, 1.165) is 27.4 Å². The molecule has 30 heavy (non-hydrogen) atoms. The van der Waals surface area contributed by atoms with Crippen molar-refractivity contribution in [1.29, 1.82) is 0 Å². The van der Waals surface area contributed by atoms with Crippen molar-refractivity contribution in [2.45, 2.75) is 30.5 Å². The molecule has 0 spiro atoms. The third-order valence-corrected chi connectivity index (χ3v) is 7.03. The molecule has 0 atom stereocenters. The monoisotopic (exact) mass is 462 g/mol. The van der Waals surface area contributed by atoms with Crippen LogP contribution in [0.25, 0.3) is 10.2 Å². The van der Waals surface area contributed by atoms with Gasteiger partial charge in [0.2, 0.25) is 0 Å². The first-order valence-corrected chi connectivity index (χ1v) is 12.7. The van der Waals surface area contributed by atoms with Crippen LogP contribution in [0.2, 0.25) is 0 Å². The van der Waals surface area contributed by atoms with E-state index in [1.807, 2.05) is 36.4 Å². The molecule has 0 N–H and O–H groups in total. The van der Waals surface area contributed by atoms with E-state index < -0.39 is 0 Å². The first-order chi connectivity index (χ1) is 14.5. The molecule has 0 radical (unpaired) electrons. The summed E-state index contributed by atoms with van der Waals surface area (Å²) in [5, 5.41) is 0.499. The van der Waals surface area contributed by atoms with Crippen LogP contribution >= 0.6 is 34.9 Å². The van der Waals surface area contributed by atoms with Gasteiger partial charge in [0.05, 0.1) is 24.4 Å².